The Morgan fingerprint density at radius 2 is 2.22 bits per heavy atom. The molecule has 1 saturated carbocycles. The molecule has 0 aliphatic heterocycles. The monoisotopic (exact) mass is 256 g/mol. The lowest BCUT2D eigenvalue weighted by Gasteiger charge is -2.28. The summed E-state index contributed by atoms with van der Waals surface area (Å²) >= 11 is 0. The number of unbranched alkanes of at least 4 members (excludes halogenated alkanes) is 2. The van der Waals surface area contributed by atoms with E-state index in [0.717, 1.165) is 45.1 Å². The standard InChI is InChI=1S/C14H28N2O2/c1-3-4-5-9-16-14(17)11(2)18-13-8-6-7-12(15)10-13/h11-13H,3-10,15H2,1-2H3,(H,16,17). The van der Waals surface area contributed by atoms with Gasteiger partial charge < -0.3 is 15.8 Å². The normalized spacial score (nSPS) is 25.7. The van der Waals surface area contributed by atoms with E-state index in [1.807, 2.05) is 6.92 Å². The van der Waals surface area contributed by atoms with Crippen molar-refractivity contribution < 1.29 is 9.53 Å². The molecule has 4 heteroatoms. The molecule has 3 unspecified atom stereocenters. The number of hydrogen-bond donors (Lipinski definition) is 2. The third-order valence-electron chi connectivity index (χ3n) is 3.51. The first-order chi connectivity index (χ1) is 8.63. The Bertz CT molecular complexity index is 246. The largest absolute Gasteiger partial charge is 0.365 e. The second-order valence-electron chi connectivity index (χ2n) is 5.33. The fourth-order valence-corrected chi connectivity index (χ4v) is 2.39. The van der Waals surface area contributed by atoms with Gasteiger partial charge in [-0.3, -0.25) is 4.79 Å². The van der Waals surface area contributed by atoms with Gasteiger partial charge in [0.05, 0.1) is 6.10 Å². The van der Waals surface area contributed by atoms with Gasteiger partial charge >= 0.3 is 0 Å². The molecule has 0 saturated heterocycles. The van der Waals surface area contributed by atoms with E-state index >= 15 is 0 Å². The van der Waals surface area contributed by atoms with Gasteiger partial charge in [0.1, 0.15) is 6.10 Å². The third-order valence-corrected chi connectivity index (χ3v) is 3.51. The maximum absolute atomic E-state index is 11.8. The van der Waals surface area contributed by atoms with Gasteiger partial charge in [0.25, 0.3) is 0 Å². The highest BCUT2D eigenvalue weighted by Crippen LogP contribution is 2.20. The molecule has 0 heterocycles. The van der Waals surface area contributed by atoms with Crippen molar-refractivity contribution in [3.05, 3.63) is 0 Å². The molecular formula is C14H28N2O2. The lowest BCUT2D eigenvalue weighted by molar-refractivity contribution is -0.136. The second kappa shape index (κ2) is 8.48. The number of nitrogens with one attached hydrogen (secondary N) is 1. The molecule has 0 aromatic carbocycles. The Balaban J connectivity index is 2.18. The molecule has 106 valence electrons. The first-order valence-electron chi connectivity index (χ1n) is 7.32. The number of carbonyl (C=O) groups excluding carboxylic acids is 1. The summed E-state index contributed by atoms with van der Waals surface area (Å²) in [4.78, 5) is 11.8. The number of ether oxygens (including phenoxy) is 1. The van der Waals surface area contributed by atoms with Gasteiger partial charge in [-0.15, -0.1) is 0 Å². The smallest absolute Gasteiger partial charge is 0.248 e. The highest BCUT2D eigenvalue weighted by atomic mass is 16.5. The van der Waals surface area contributed by atoms with E-state index < -0.39 is 0 Å². The number of carbonyl (C=O) groups is 1. The molecule has 1 aliphatic carbocycles. The average molecular weight is 256 g/mol. The topological polar surface area (TPSA) is 64.3 Å². The lowest BCUT2D eigenvalue weighted by atomic mass is 9.93. The minimum Gasteiger partial charge on any atom is -0.365 e. The molecule has 3 N–H and O–H groups in total. The third kappa shape index (κ3) is 5.83. The van der Waals surface area contributed by atoms with Crippen molar-refractivity contribution in [3.8, 4) is 0 Å². The van der Waals surface area contributed by atoms with Crippen LogP contribution in [0.2, 0.25) is 0 Å². The summed E-state index contributed by atoms with van der Waals surface area (Å²) in [5, 5.41) is 2.92. The van der Waals surface area contributed by atoms with Gasteiger partial charge in [0.2, 0.25) is 5.91 Å². The van der Waals surface area contributed by atoms with Crippen LogP contribution in [0.5, 0.6) is 0 Å². The van der Waals surface area contributed by atoms with E-state index in [1.165, 1.54) is 6.42 Å². The van der Waals surface area contributed by atoms with E-state index in [0.29, 0.717) is 0 Å². The van der Waals surface area contributed by atoms with Crippen molar-refractivity contribution in [2.45, 2.75) is 77.0 Å². The zero-order valence-corrected chi connectivity index (χ0v) is 11.8. The quantitative estimate of drug-likeness (QED) is 0.684. The molecule has 18 heavy (non-hydrogen) atoms. The van der Waals surface area contributed by atoms with Gasteiger partial charge in [0, 0.05) is 12.6 Å². The summed E-state index contributed by atoms with van der Waals surface area (Å²) in [7, 11) is 0. The zero-order valence-electron chi connectivity index (χ0n) is 11.8. The van der Waals surface area contributed by atoms with Crippen molar-refractivity contribution in [2.24, 2.45) is 5.73 Å². The van der Waals surface area contributed by atoms with Crippen LogP contribution in [-0.2, 0) is 9.53 Å². The molecule has 0 aromatic rings. The van der Waals surface area contributed by atoms with Crippen LogP contribution in [0.25, 0.3) is 0 Å². The van der Waals surface area contributed by atoms with Crippen LogP contribution >= 0.6 is 0 Å². The van der Waals surface area contributed by atoms with E-state index in [2.05, 4.69) is 12.2 Å². The highest BCUT2D eigenvalue weighted by molar-refractivity contribution is 5.80. The maximum Gasteiger partial charge on any atom is 0.248 e. The Morgan fingerprint density at radius 3 is 2.89 bits per heavy atom. The fraction of sp³-hybridized carbons (Fsp3) is 0.929. The summed E-state index contributed by atoms with van der Waals surface area (Å²) < 4.78 is 5.79. The first-order valence-corrected chi connectivity index (χ1v) is 7.32. The second-order valence-corrected chi connectivity index (χ2v) is 5.33. The van der Waals surface area contributed by atoms with Crippen LogP contribution in [0.15, 0.2) is 0 Å². The molecule has 1 aliphatic rings. The molecular weight excluding hydrogens is 228 g/mol. The van der Waals surface area contributed by atoms with Crippen molar-refractivity contribution in [1.82, 2.24) is 5.32 Å². The summed E-state index contributed by atoms with van der Waals surface area (Å²) in [5.74, 6) is 0.00486. The van der Waals surface area contributed by atoms with Gasteiger partial charge in [0.15, 0.2) is 0 Å². The lowest BCUT2D eigenvalue weighted by Crippen LogP contribution is -2.40. The van der Waals surface area contributed by atoms with Crippen LogP contribution < -0.4 is 11.1 Å². The van der Waals surface area contributed by atoms with Crippen molar-refractivity contribution >= 4 is 5.91 Å². The maximum atomic E-state index is 11.8. The van der Waals surface area contributed by atoms with Gasteiger partial charge in [-0.2, -0.15) is 0 Å². The van der Waals surface area contributed by atoms with Crippen LogP contribution in [0.4, 0.5) is 0 Å². The Hall–Kier alpha value is -0.610. The van der Waals surface area contributed by atoms with E-state index in [9.17, 15) is 4.79 Å². The van der Waals surface area contributed by atoms with Crippen LogP contribution in [-0.4, -0.2) is 30.7 Å². The average Bonchev–Trinajstić information content (AvgIpc) is 2.34. The molecule has 0 bridgehead atoms. The Labute approximate surface area is 111 Å². The molecule has 1 rings (SSSR count). The van der Waals surface area contributed by atoms with Crippen molar-refractivity contribution in [3.63, 3.8) is 0 Å². The van der Waals surface area contributed by atoms with Gasteiger partial charge in [-0.1, -0.05) is 19.8 Å². The van der Waals surface area contributed by atoms with Crippen LogP contribution in [0, 0.1) is 0 Å². The zero-order chi connectivity index (χ0) is 13.4. The molecule has 1 fully saturated rings. The molecule has 1 amide bonds. The van der Waals surface area contributed by atoms with E-state index in [-0.39, 0.29) is 24.2 Å². The summed E-state index contributed by atoms with van der Waals surface area (Å²) in [5.41, 5.74) is 5.91. The van der Waals surface area contributed by atoms with Crippen LogP contribution in [0.3, 0.4) is 0 Å². The van der Waals surface area contributed by atoms with Crippen molar-refractivity contribution in [2.75, 3.05) is 6.54 Å². The molecule has 0 aromatic heterocycles. The number of amides is 1. The fourth-order valence-electron chi connectivity index (χ4n) is 2.39. The molecule has 0 spiro atoms. The van der Waals surface area contributed by atoms with Gasteiger partial charge in [-0.05, 0) is 39.0 Å². The summed E-state index contributed by atoms with van der Waals surface area (Å²) in [6.45, 7) is 4.74. The first kappa shape index (κ1) is 15.4. The molecule has 4 nitrogen and oxygen atoms in total. The van der Waals surface area contributed by atoms with E-state index in [1.54, 1.807) is 0 Å². The molecule has 3 atom stereocenters. The Kier molecular flexibility index (Phi) is 7.28. The summed E-state index contributed by atoms with van der Waals surface area (Å²) in [6, 6.07) is 0.239. The molecule has 0 radical (unpaired) electrons. The predicted octanol–water partition coefficient (Wildman–Crippen LogP) is 1.97. The SMILES string of the molecule is CCCCCNC(=O)C(C)OC1CCCC(N)C1. The Morgan fingerprint density at radius 1 is 1.44 bits per heavy atom. The number of hydrogen-bond acceptors (Lipinski definition) is 3. The minimum absolute atomic E-state index is 0.00486. The van der Waals surface area contributed by atoms with Crippen LogP contribution in [0.1, 0.15) is 58.8 Å². The minimum atomic E-state index is -0.359. The number of nitrogens with two attached hydrogens (primary N) is 1. The number of rotatable bonds is 7. The highest BCUT2D eigenvalue weighted by Gasteiger charge is 2.24. The van der Waals surface area contributed by atoms with Gasteiger partial charge in [-0.25, -0.2) is 0 Å². The predicted molar refractivity (Wildman–Crippen MR) is 73.3 cm³/mol. The summed E-state index contributed by atoms with van der Waals surface area (Å²) in [6.07, 6.45) is 7.27. The van der Waals surface area contributed by atoms with E-state index in [4.69, 9.17) is 10.5 Å². The van der Waals surface area contributed by atoms with Crippen molar-refractivity contribution in [1.29, 1.82) is 0 Å².